The average Bonchev–Trinajstić information content (AvgIpc) is 2.51. The molecule has 1 aliphatic carbocycles. The van der Waals surface area contributed by atoms with E-state index in [4.69, 9.17) is 0 Å². The summed E-state index contributed by atoms with van der Waals surface area (Å²) in [6.45, 7) is 8.09. The summed E-state index contributed by atoms with van der Waals surface area (Å²) >= 11 is 0. The lowest BCUT2D eigenvalue weighted by molar-refractivity contribution is -0.124. The molecule has 1 saturated carbocycles. The van der Waals surface area contributed by atoms with Gasteiger partial charge in [-0.2, -0.15) is 0 Å². The van der Waals surface area contributed by atoms with E-state index in [0.29, 0.717) is 19.0 Å². The molecule has 0 atom stereocenters. The molecule has 134 valence electrons. The highest BCUT2D eigenvalue weighted by atomic mass is 16.3. The quantitative estimate of drug-likeness (QED) is 0.731. The fraction of sp³-hybridized carbons (Fsp3) is 0.650. The molecule has 1 aliphatic rings. The van der Waals surface area contributed by atoms with E-state index < -0.39 is 0 Å². The number of hydrogen-bond acceptors (Lipinski definition) is 3. The Morgan fingerprint density at radius 2 is 2.04 bits per heavy atom. The number of nitrogens with zero attached hydrogens (tertiary/aromatic N) is 1. The fourth-order valence-electron chi connectivity index (χ4n) is 3.07. The van der Waals surface area contributed by atoms with Crippen molar-refractivity contribution in [3.05, 3.63) is 35.4 Å². The minimum atomic E-state index is -0.358. The summed E-state index contributed by atoms with van der Waals surface area (Å²) in [5, 5.41) is 12.7. The van der Waals surface area contributed by atoms with Crippen molar-refractivity contribution < 1.29 is 9.90 Å². The van der Waals surface area contributed by atoms with Gasteiger partial charge in [0.05, 0.1) is 13.2 Å². The number of amides is 1. The number of benzene rings is 1. The van der Waals surface area contributed by atoms with Gasteiger partial charge >= 0.3 is 0 Å². The average molecular weight is 332 g/mol. The predicted octanol–water partition coefficient (Wildman–Crippen LogP) is 2.53. The lowest BCUT2D eigenvalue weighted by Crippen LogP contribution is -2.53. The molecule has 1 aromatic rings. The number of carbonyl (C=O) groups excluding carboxylic acids is 1. The molecular formula is C20H32N2O2. The van der Waals surface area contributed by atoms with Crippen molar-refractivity contribution in [1.82, 2.24) is 10.2 Å². The van der Waals surface area contributed by atoms with Crippen LogP contribution in [0.1, 0.15) is 44.2 Å². The molecule has 4 heteroatoms. The number of aliphatic hydroxyl groups is 1. The highest BCUT2D eigenvalue weighted by Crippen LogP contribution is 2.29. The van der Waals surface area contributed by atoms with E-state index in [1.54, 1.807) is 0 Å². The van der Waals surface area contributed by atoms with Crippen LogP contribution in [0.15, 0.2) is 24.3 Å². The lowest BCUT2D eigenvalue weighted by atomic mass is 9.84. The Labute approximate surface area is 146 Å². The third-order valence-corrected chi connectivity index (χ3v) is 5.26. The van der Waals surface area contributed by atoms with Gasteiger partial charge in [-0.25, -0.2) is 0 Å². The lowest BCUT2D eigenvalue weighted by Gasteiger charge is -2.41. The van der Waals surface area contributed by atoms with E-state index in [1.165, 1.54) is 30.4 Å². The molecular weight excluding hydrogens is 300 g/mol. The van der Waals surface area contributed by atoms with Crippen molar-refractivity contribution in [1.29, 1.82) is 0 Å². The minimum absolute atomic E-state index is 0.0458. The largest absolute Gasteiger partial charge is 0.394 e. The summed E-state index contributed by atoms with van der Waals surface area (Å²) < 4.78 is 0. The summed E-state index contributed by atoms with van der Waals surface area (Å²) in [5.41, 5.74) is 2.18. The van der Waals surface area contributed by atoms with Gasteiger partial charge in [0.2, 0.25) is 5.91 Å². The van der Waals surface area contributed by atoms with Crippen molar-refractivity contribution in [2.75, 3.05) is 26.2 Å². The van der Waals surface area contributed by atoms with Crippen LogP contribution in [0.5, 0.6) is 0 Å². The molecule has 4 nitrogen and oxygen atoms in total. The number of aliphatic hydroxyl groups excluding tert-OH is 1. The summed E-state index contributed by atoms with van der Waals surface area (Å²) in [4.78, 5) is 14.5. The molecule has 0 unspecified atom stereocenters. The van der Waals surface area contributed by atoms with E-state index in [0.717, 1.165) is 13.0 Å². The molecule has 0 aromatic heterocycles. The van der Waals surface area contributed by atoms with Crippen LogP contribution in [0.3, 0.4) is 0 Å². The van der Waals surface area contributed by atoms with Gasteiger partial charge < -0.3 is 10.4 Å². The highest BCUT2D eigenvalue weighted by Gasteiger charge is 2.31. The first-order valence-corrected chi connectivity index (χ1v) is 9.09. The van der Waals surface area contributed by atoms with Crippen molar-refractivity contribution in [3.8, 4) is 0 Å². The van der Waals surface area contributed by atoms with Crippen LogP contribution in [-0.4, -0.2) is 47.7 Å². The van der Waals surface area contributed by atoms with Gasteiger partial charge in [0.25, 0.3) is 0 Å². The Kier molecular flexibility index (Phi) is 6.81. The van der Waals surface area contributed by atoms with Crippen molar-refractivity contribution in [2.45, 2.75) is 52.0 Å². The van der Waals surface area contributed by atoms with Crippen LogP contribution in [0.4, 0.5) is 0 Å². The molecule has 24 heavy (non-hydrogen) atoms. The molecule has 0 saturated heterocycles. The molecule has 2 N–H and O–H groups in total. The SMILES string of the molecule is Cc1ccccc1CCNC(=O)CN(CC1CCC1)C(C)(C)CO. The highest BCUT2D eigenvalue weighted by molar-refractivity contribution is 5.78. The zero-order valence-corrected chi connectivity index (χ0v) is 15.3. The van der Waals surface area contributed by atoms with E-state index in [1.807, 2.05) is 26.0 Å². The van der Waals surface area contributed by atoms with Crippen molar-refractivity contribution in [2.24, 2.45) is 5.92 Å². The Bertz CT molecular complexity index is 538. The second kappa shape index (κ2) is 8.63. The Morgan fingerprint density at radius 3 is 2.62 bits per heavy atom. The summed E-state index contributed by atoms with van der Waals surface area (Å²) in [6, 6.07) is 8.28. The molecule has 0 aliphatic heterocycles. The maximum atomic E-state index is 12.3. The summed E-state index contributed by atoms with van der Waals surface area (Å²) in [5.74, 6) is 0.722. The maximum absolute atomic E-state index is 12.3. The third-order valence-electron chi connectivity index (χ3n) is 5.26. The molecule has 1 amide bonds. The zero-order valence-electron chi connectivity index (χ0n) is 15.3. The number of hydrogen-bond donors (Lipinski definition) is 2. The van der Waals surface area contributed by atoms with Gasteiger partial charge in [0.15, 0.2) is 0 Å². The number of nitrogens with one attached hydrogen (secondary N) is 1. The Balaban J connectivity index is 1.82. The normalized spacial score (nSPS) is 15.4. The second-order valence-electron chi connectivity index (χ2n) is 7.67. The second-order valence-corrected chi connectivity index (χ2v) is 7.67. The van der Waals surface area contributed by atoms with Gasteiger partial charge in [-0.05, 0) is 57.1 Å². The molecule has 0 radical (unpaired) electrons. The van der Waals surface area contributed by atoms with E-state index in [-0.39, 0.29) is 18.1 Å². The number of aryl methyl sites for hydroxylation is 1. The van der Waals surface area contributed by atoms with E-state index in [9.17, 15) is 9.90 Å². The molecule has 0 bridgehead atoms. The first-order chi connectivity index (χ1) is 11.4. The molecule has 0 heterocycles. The first-order valence-electron chi connectivity index (χ1n) is 9.09. The third kappa shape index (κ3) is 5.32. The van der Waals surface area contributed by atoms with Crippen molar-refractivity contribution in [3.63, 3.8) is 0 Å². The topological polar surface area (TPSA) is 52.6 Å². The van der Waals surface area contributed by atoms with Gasteiger partial charge in [0.1, 0.15) is 0 Å². The number of carbonyl (C=O) groups is 1. The zero-order chi connectivity index (χ0) is 17.6. The first kappa shape index (κ1) is 18.9. The van der Waals surface area contributed by atoms with Gasteiger partial charge in [-0.3, -0.25) is 9.69 Å². The van der Waals surface area contributed by atoms with Crippen LogP contribution >= 0.6 is 0 Å². The predicted molar refractivity (Wildman–Crippen MR) is 98.0 cm³/mol. The van der Waals surface area contributed by atoms with E-state index in [2.05, 4.69) is 29.3 Å². The monoisotopic (exact) mass is 332 g/mol. The maximum Gasteiger partial charge on any atom is 0.234 e. The fourth-order valence-corrected chi connectivity index (χ4v) is 3.07. The molecule has 2 rings (SSSR count). The summed E-state index contributed by atoms with van der Waals surface area (Å²) in [7, 11) is 0. The minimum Gasteiger partial charge on any atom is -0.394 e. The smallest absolute Gasteiger partial charge is 0.234 e. The van der Waals surface area contributed by atoms with E-state index >= 15 is 0 Å². The van der Waals surface area contributed by atoms with Crippen LogP contribution in [0.25, 0.3) is 0 Å². The van der Waals surface area contributed by atoms with Crippen LogP contribution in [0.2, 0.25) is 0 Å². The van der Waals surface area contributed by atoms with Gasteiger partial charge in [-0.1, -0.05) is 30.7 Å². The van der Waals surface area contributed by atoms with Gasteiger partial charge in [-0.15, -0.1) is 0 Å². The standard InChI is InChI=1S/C20H32N2O2/c1-16-7-4-5-10-18(16)11-12-21-19(24)14-22(20(2,3)15-23)13-17-8-6-9-17/h4-5,7,10,17,23H,6,8-9,11-15H2,1-3H3,(H,21,24). The Morgan fingerprint density at radius 1 is 1.33 bits per heavy atom. The van der Waals surface area contributed by atoms with Crippen LogP contribution in [-0.2, 0) is 11.2 Å². The van der Waals surface area contributed by atoms with Gasteiger partial charge in [0, 0.05) is 18.6 Å². The van der Waals surface area contributed by atoms with Crippen LogP contribution < -0.4 is 5.32 Å². The van der Waals surface area contributed by atoms with Crippen molar-refractivity contribution >= 4 is 5.91 Å². The Hall–Kier alpha value is -1.39. The van der Waals surface area contributed by atoms with Crippen LogP contribution in [0, 0.1) is 12.8 Å². The molecule has 0 spiro atoms. The molecule has 1 aromatic carbocycles. The summed E-state index contributed by atoms with van der Waals surface area (Å²) in [6.07, 6.45) is 4.63. The number of rotatable bonds is 9. The molecule has 1 fully saturated rings.